The number of carbonyl (C=O) groups is 3. The Morgan fingerprint density at radius 1 is 1.09 bits per heavy atom. The highest BCUT2D eigenvalue weighted by Gasteiger charge is 2.29. The summed E-state index contributed by atoms with van der Waals surface area (Å²) in [6.07, 6.45) is -0.0399. The van der Waals surface area contributed by atoms with E-state index in [-0.39, 0.29) is 42.1 Å². The van der Waals surface area contributed by atoms with Crippen molar-refractivity contribution in [2.75, 3.05) is 26.7 Å². The normalized spacial score (nSPS) is 21.4. The molecule has 2 aromatic carbocycles. The lowest BCUT2D eigenvalue weighted by Gasteiger charge is -2.20. The van der Waals surface area contributed by atoms with Crippen LogP contribution in [-0.2, 0) is 20.9 Å². The van der Waals surface area contributed by atoms with E-state index in [0.29, 0.717) is 31.2 Å². The van der Waals surface area contributed by atoms with Gasteiger partial charge in [0.1, 0.15) is 11.5 Å². The van der Waals surface area contributed by atoms with Gasteiger partial charge in [0, 0.05) is 31.6 Å². The molecule has 0 saturated carbocycles. The third kappa shape index (κ3) is 5.24. The molecule has 1 fully saturated rings. The van der Waals surface area contributed by atoms with Gasteiger partial charge in [0.2, 0.25) is 5.91 Å². The number of fused-ring (bicyclic) bond motifs is 5. The molecule has 2 aromatic rings. The molecule has 2 amide bonds. The minimum absolute atomic E-state index is 0.121. The molecule has 9 nitrogen and oxygen atoms in total. The van der Waals surface area contributed by atoms with Crippen molar-refractivity contribution in [3.63, 3.8) is 0 Å². The van der Waals surface area contributed by atoms with Crippen LogP contribution in [0.25, 0.3) is 0 Å². The van der Waals surface area contributed by atoms with Crippen LogP contribution in [0, 0.1) is 0 Å². The van der Waals surface area contributed by atoms with Crippen LogP contribution in [0.5, 0.6) is 11.5 Å². The Balaban J connectivity index is 1.65. The van der Waals surface area contributed by atoms with Gasteiger partial charge in [-0.05, 0) is 35.9 Å². The maximum Gasteiger partial charge on any atom is 0.338 e. The van der Waals surface area contributed by atoms with Gasteiger partial charge in [-0.25, -0.2) is 4.79 Å². The smallest absolute Gasteiger partial charge is 0.338 e. The fourth-order valence-corrected chi connectivity index (χ4v) is 3.71. The Kier molecular flexibility index (Phi) is 6.67. The van der Waals surface area contributed by atoms with Crippen molar-refractivity contribution in [1.82, 2.24) is 16.0 Å². The summed E-state index contributed by atoms with van der Waals surface area (Å²) < 4.78 is 16.8. The first-order valence-corrected chi connectivity index (χ1v) is 10.4. The molecule has 3 N–H and O–H groups in total. The van der Waals surface area contributed by atoms with Gasteiger partial charge in [-0.3, -0.25) is 9.59 Å². The molecule has 0 aromatic heterocycles. The highest BCUT2D eigenvalue weighted by molar-refractivity contribution is 5.98. The van der Waals surface area contributed by atoms with Crippen molar-refractivity contribution >= 4 is 17.8 Å². The number of hydrogen-bond acceptors (Lipinski definition) is 7. The average molecular weight is 439 g/mol. The molecule has 1 saturated heterocycles. The van der Waals surface area contributed by atoms with Gasteiger partial charge >= 0.3 is 5.97 Å². The standard InChI is InChI=1S/C23H25N3O6/c1-30-23(29)16-8-15-9-18(10-16)32-17-4-2-3-14(7-17)13-31-20-12-24-11-19(20)26-21(27)5-6-25-22(15)28/h2-4,7-10,19-20,24H,5-6,11-13H2,1H3,(H,25,28)(H,26,27)/t19-,20-/m0/s1. The summed E-state index contributed by atoms with van der Waals surface area (Å²) in [7, 11) is 1.27. The number of hydrogen-bond donors (Lipinski definition) is 3. The molecule has 4 bridgehead atoms. The summed E-state index contributed by atoms with van der Waals surface area (Å²) in [5, 5.41) is 8.91. The molecule has 0 radical (unpaired) electrons. The number of rotatable bonds is 1. The first-order valence-electron chi connectivity index (χ1n) is 10.4. The maximum absolute atomic E-state index is 12.7. The van der Waals surface area contributed by atoms with Crippen LogP contribution in [0.2, 0.25) is 0 Å². The van der Waals surface area contributed by atoms with Crippen LogP contribution in [0.3, 0.4) is 0 Å². The monoisotopic (exact) mass is 439 g/mol. The lowest BCUT2D eigenvalue weighted by molar-refractivity contribution is -0.122. The third-order valence-corrected chi connectivity index (χ3v) is 5.33. The predicted octanol–water partition coefficient (Wildman–Crippen LogP) is 1.37. The van der Waals surface area contributed by atoms with E-state index >= 15 is 0 Å². The van der Waals surface area contributed by atoms with Crippen LogP contribution in [0.4, 0.5) is 0 Å². The highest BCUT2D eigenvalue weighted by atomic mass is 16.5. The highest BCUT2D eigenvalue weighted by Crippen LogP contribution is 2.26. The number of ether oxygens (including phenoxy) is 3. The van der Waals surface area contributed by atoms with Crippen LogP contribution in [0.15, 0.2) is 42.5 Å². The van der Waals surface area contributed by atoms with Gasteiger partial charge < -0.3 is 30.2 Å². The Morgan fingerprint density at radius 3 is 2.81 bits per heavy atom. The number of carbonyl (C=O) groups excluding carboxylic acids is 3. The molecule has 0 aliphatic carbocycles. The van der Waals surface area contributed by atoms with E-state index in [9.17, 15) is 14.4 Å². The average Bonchev–Trinajstić information content (AvgIpc) is 3.23. The second-order valence-corrected chi connectivity index (χ2v) is 7.67. The van der Waals surface area contributed by atoms with Gasteiger partial charge in [-0.1, -0.05) is 12.1 Å². The minimum atomic E-state index is -0.586. The van der Waals surface area contributed by atoms with Crippen molar-refractivity contribution in [2.45, 2.75) is 25.2 Å². The zero-order valence-corrected chi connectivity index (χ0v) is 17.7. The van der Waals surface area contributed by atoms with Crippen molar-refractivity contribution in [3.05, 3.63) is 59.2 Å². The van der Waals surface area contributed by atoms with E-state index in [1.165, 1.54) is 19.2 Å². The molecule has 2 atom stereocenters. The molecule has 2 aliphatic heterocycles. The van der Waals surface area contributed by atoms with Gasteiger partial charge in [0.25, 0.3) is 5.91 Å². The van der Waals surface area contributed by atoms with Crippen LogP contribution in [-0.4, -0.2) is 56.7 Å². The number of methoxy groups -OCH3 is 1. The number of nitrogens with one attached hydrogen (secondary N) is 3. The summed E-state index contributed by atoms with van der Waals surface area (Å²) in [4.78, 5) is 37.1. The zero-order chi connectivity index (χ0) is 22.5. The maximum atomic E-state index is 12.7. The van der Waals surface area contributed by atoms with E-state index in [1.807, 2.05) is 18.2 Å². The summed E-state index contributed by atoms with van der Waals surface area (Å²) in [6.45, 7) is 1.76. The largest absolute Gasteiger partial charge is 0.465 e. The fraction of sp³-hybridized carbons (Fsp3) is 0.348. The Hall–Kier alpha value is -3.43. The van der Waals surface area contributed by atoms with E-state index < -0.39 is 11.9 Å². The fourth-order valence-electron chi connectivity index (χ4n) is 3.71. The lowest BCUT2D eigenvalue weighted by atomic mass is 10.1. The predicted molar refractivity (Wildman–Crippen MR) is 115 cm³/mol. The molecule has 0 spiro atoms. The van der Waals surface area contributed by atoms with Crippen molar-refractivity contribution in [3.8, 4) is 11.5 Å². The van der Waals surface area contributed by atoms with Crippen molar-refractivity contribution in [2.24, 2.45) is 0 Å². The first kappa shape index (κ1) is 21.8. The summed E-state index contributed by atoms with van der Waals surface area (Å²) in [6, 6.07) is 11.7. The van der Waals surface area contributed by atoms with Gasteiger partial charge in [-0.15, -0.1) is 0 Å². The molecule has 2 aliphatic rings. The minimum Gasteiger partial charge on any atom is -0.465 e. The van der Waals surface area contributed by atoms with Gasteiger partial charge in [0.05, 0.1) is 31.4 Å². The first-order chi connectivity index (χ1) is 15.5. The van der Waals surface area contributed by atoms with Gasteiger partial charge in [0.15, 0.2) is 0 Å². The van der Waals surface area contributed by atoms with E-state index in [2.05, 4.69) is 16.0 Å². The second-order valence-electron chi connectivity index (χ2n) is 7.67. The van der Waals surface area contributed by atoms with Gasteiger partial charge in [-0.2, -0.15) is 0 Å². The molecule has 0 unspecified atom stereocenters. The molecular weight excluding hydrogens is 414 g/mol. The van der Waals surface area contributed by atoms with Crippen LogP contribution < -0.4 is 20.7 Å². The lowest BCUT2D eigenvalue weighted by Crippen LogP contribution is -2.44. The summed E-state index contributed by atoms with van der Waals surface area (Å²) in [5.41, 5.74) is 1.31. The van der Waals surface area contributed by atoms with E-state index in [0.717, 1.165) is 5.56 Å². The molecule has 168 valence electrons. The van der Waals surface area contributed by atoms with Crippen LogP contribution in [0.1, 0.15) is 32.7 Å². The third-order valence-electron chi connectivity index (χ3n) is 5.33. The zero-order valence-electron chi connectivity index (χ0n) is 17.7. The second kappa shape index (κ2) is 9.80. The SMILES string of the molecule is COC(=O)c1cc2cc(c1)C(=O)NCCC(=O)N[C@H]1CNC[C@@H]1OCc1cccc(c1)O2. The molecule has 4 rings (SSSR count). The molecule has 32 heavy (non-hydrogen) atoms. The Labute approximate surface area is 185 Å². The van der Waals surface area contributed by atoms with E-state index in [1.54, 1.807) is 12.1 Å². The van der Waals surface area contributed by atoms with Crippen molar-refractivity contribution in [1.29, 1.82) is 0 Å². The summed E-state index contributed by atoms with van der Waals surface area (Å²) in [5.74, 6) is -0.324. The summed E-state index contributed by atoms with van der Waals surface area (Å²) >= 11 is 0. The number of esters is 1. The van der Waals surface area contributed by atoms with Crippen molar-refractivity contribution < 1.29 is 28.6 Å². The Bertz CT molecular complexity index is 1020. The quantitative estimate of drug-likeness (QED) is 0.575. The number of amides is 2. The van der Waals surface area contributed by atoms with E-state index in [4.69, 9.17) is 14.2 Å². The van der Waals surface area contributed by atoms with Crippen LogP contribution >= 0.6 is 0 Å². The number of benzene rings is 2. The molecule has 2 heterocycles. The molecule has 9 heteroatoms. The topological polar surface area (TPSA) is 115 Å². The Morgan fingerprint density at radius 2 is 1.97 bits per heavy atom. The molecular formula is C23H25N3O6.